The third kappa shape index (κ3) is 3.36. The SMILES string of the molecule is C=CCN(C(=O)C1N(CCCO)C(=O)[C@@H]2[C@@H](C(=O)OCC)[C@H]3CC(C)C12S3)C(C)C. The zero-order valence-corrected chi connectivity index (χ0v) is 19.2. The van der Waals surface area contributed by atoms with Gasteiger partial charge < -0.3 is 19.6 Å². The molecule has 1 spiro atoms. The Morgan fingerprint density at radius 2 is 2.17 bits per heavy atom. The summed E-state index contributed by atoms with van der Waals surface area (Å²) in [4.78, 5) is 43.7. The van der Waals surface area contributed by atoms with Crippen molar-refractivity contribution in [1.82, 2.24) is 9.80 Å². The number of nitrogens with zero attached hydrogens (tertiary/aromatic N) is 2. The molecule has 0 aromatic carbocycles. The number of thioether (sulfide) groups is 1. The molecule has 6 atom stereocenters. The lowest BCUT2D eigenvalue weighted by molar-refractivity contribution is -0.154. The van der Waals surface area contributed by atoms with Gasteiger partial charge in [-0.2, -0.15) is 0 Å². The Bertz CT molecular complexity index is 714. The van der Waals surface area contributed by atoms with Crippen LogP contribution in [0.1, 0.15) is 40.5 Å². The molecular weight excluding hydrogens is 404 g/mol. The lowest BCUT2D eigenvalue weighted by atomic mass is 9.66. The summed E-state index contributed by atoms with van der Waals surface area (Å²) in [6.07, 6.45) is 2.89. The fourth-order valence-electron chi connectivity index (χ4n) is 5.64. The van der Waals surface area contributed by atoms with Crippen LogP contribution in [0.15, 0.2) is 12.7 Å². The molecule has 1 N–H and O–H groups in total. The van der Waals surface area contributed by atoms with Crippen LogP contribution in [0.2, 0.25) is 0 Å². The first kappa shape index (κ1) is 23.1. The molecule has 3 unspecified atom stereocenters. The maximum atomic E-state index is 13.9. The largest absolute Gasteiger partial charge is 0.466 e. The van der Waals surface area contributed by atoms with E-state index in [1.54, 1.807) is 34.6 Å². The van der Waals surface area contributed by atoms with Crippen molar-refractivity contribution in [2.75, 3.05) is 26.3 Å². The Morgan fingerprint density at radius 3 is 2.73 bits per heavy atom. The van der Waals surface area contributed by atoms with Crippen LogP contribution in [0.5, 0.6) is 0 Å². The summed E-state index contributed by atoms with van der Waals surface area (Å²) < 4.78 is 4.69. The van der Waals surface area contributed by atoms with Gasteiger partial charge >= 0.3 is 5.97 Å². The monoisotopic (exact) mass is 438 g/mol. The highest BCUT2D eigenvalue weighted by atomic mass is 32.2. The summed E-state index contributed by atoms with van der Waals surface area (Å²) in [7, 11) is 0. The third-order valence-electron chi connectivity index (χ3n) is 6.83. The Balaban J connectivity index is 2.07. The first-order valence-corrected chi connectivity index (χ1v) is 11.8. The van der Waals surface area contributed by atoms with E-state index < -0.39 is 22.6 Å². The van der Waals surface area contributed by atoms with Gasteiger partial charge in [-0.15, -0.1) is 18.3 Å². The fourth-order valence-corrected chi connectivity index (χ4v) is 8.04. The normalized spacial score (nSPS) is 34.4. The molecule has 7 nitrogen and oxygen atoms in total. The van der Waals surface area contributed by atoms with Crippen LogP contribution < -0.4 is 0 Å². The summed E-state index contributed by atoms with van der Waals surface area (Å²) in [6.45, 7) is 12.5. The van der Waals surface area contributed by atoms with Gasteiger partial charge in [-0.05, 0) is 39.5 Å². The van der Waals surface area contributed by atoms with E-state index in [9.17, 15) is 19.5 Å². The molecular formula is C22H34N2O5S. The van der Waals surface area contributed by atoms with E-state index in [2.05, 4.69) is 13.5 Å². The minimum atomic E-state index is -0.645. The molecule has 2 bridgehead atoms. The number of hydrogen-bond donors (Lipinski definition) is 1. The lowest BCUT2D eigenvalue weighted by Crippen LogP contribution is -2.58. The van der Waals surface area contributed by atoms with Crippen LogP contribution in [0.4, 0.5) is 0 Å². The maximum Gasteiger partial charge on any atom is 0.310 e. The van der Waals surface area contributed by atoms with Gasteiger partial charge in [0.25, 0.3) is 0 Å². The number of carbonyl (C=O) groups excluding carboxylic acids is 3. The van der Waals surface area contributed by atoms with E-state index in [-0.39, 0.29) is 48.2 Å². The van der Waals surface area contributed by atoms with Gasteiger partial charge in [-0.3, -0.25) is 14.4 Å². The number of ether oxygens (including phenoxy) is 1. The zero-order chi connectivity index (χ0) is 22.2. The number of esters is 1. The molecule has 30 heavy (non-hydrogen) atoms. The van der Waals surface area contributed by atoms with E-state index in [0.29, 0.717) is 19.5 Å². The number of aliphatic hydroxyl groups excluding tert-OH is 1. The average Bonchev–Trinajstić information content (AvgIpc) is 3.28. The van der Waals surface area contributed by atoms with Crippen molar-refractivity contribution < 1.29 is 24.2 Å². The van der Waals surface area contributed by atoms with Crippen LogP contribution in [0.25, 0.3) is 0 Å². The second kappa shape index (κ2) is 8.91. The molecule has 3 fully saturated rings. The Hall–Kier alpha value is -1.54. The standard InChI is InChI=1S/C22H34N2O5S/c1-6-9-23(13(3)4)20(27)18-22-14(5)12-15(30-22)16(21(28)29-7-2)17(22)19(26)24(18)10-8-11-25/h6,13-18,25H,1,7-12H2,2-5H3/t14?,15-,16+,17+,18?,22?/m1/s1. The summed E-state index contributed by atoms with van der Waals surface area (Å²) in [5.74, 6) is -1.52. The summed E-state index contributed by atoms with van der Waals surface area (Å²) in [6, 6.07) is -0.686. The highest BCUT2D eigenvalue weighted by Gasteiger charge is 2.76. The number of fused-ring (bicyclic) bond motifs is 1. The Labute approximate surface area is 183 Å². The average molecular weight is 439 g/mol. The molecule has 0 radical (unpaired) electrons. The molecule has 0 aromatic heterocycles. The predicted octanol–water partition coefficient (Wildman–Crippen LogP) is 1.69. The summed E-state index contributed by atoms with van der Waals surface area (Å²) >= 11 is 1.65. The van der Waals surface area contributed by atoms with Gasteiger partial charge in [0.05, 0.1) is 23.2 Å². The van der Waals surface area contributed by atoms with Gasteiger partial charge in [0.15, 0.2) is 0 Å². The minimum Gasteiger partial charge on any atom is -0.466 e. The van der Waals surface area contributed by atoms with E-state index in [4.69, 9.17) is 4.74 Å². The third-order valence-corrected chi connectivity index (χ3v) is 8.90. The number of carbonyl (C=O) groups is 3. The van der Waals surface area contributed by atoms with Gasteiger partial charge in [0.1, 0.15) is 6.04 Å². The molecule has 0 saturated carbocycles. The van der Waals surface area contributed by atoms with Crippen LogP contribution in [-0.2, 0) is 19.1 Å². The number of hydrogen-bond acceptors (Lipinski definition) is 6. The minimum absolute atomic E-state index is 0.00445. The second-order valence-electron chi connectivity index (χ2n) is 8.79. The highest BCUT2D eigenvalue weighted by molar-refractivity contribution is 8.02. The van der Waals surface area contributed by atoms with E-state index in [0.717, 1.165) is 6.42 Å². The summed E-state index contributed by atoms with van der Waals surface area (Å²) in [5.41, 5.74) is 0. The Kier molecular flexibility index (Phi) is 6.87. The predicted molar refractivity (Wildman–Crippen MR) is 116 cm³/mol. The van der Waals surface area contributed by atoms with Crippen molar-refractivity contribution >= 4 is 29.5 Å². The van der Waals surface area contributed by atoms with Crippen LogP contribution >= 0.6 is 11.8 Å². The number of rotatable bonds is 9. The smallest absolute Gasteiger partial charge is 0.310 e. The first-order chi connectivity index (χ1) is 14.3. The second-order valence-corrected chi connectivity index (χ2v) is 10.3. The molecule has 0 aromatic rings. The molecule has 3 saturated heterocycles. The first-order valence-electron chi connectivity index (χ1n) is 10.9. The van der Waals surface area contributed by atoms with Gasteiger partial charge in [0.2, 0.25) is 11.8 Å². The van der Waals surface area contributed by atoms with Crippen molar-refractivity contribution in [3.05, 3.63) is 12.7 Å². The Morgan fingerprint density at radius 1 is 1.47 bits per heavy atom. The lowest BCUT2D eigenvalue weighted by Gasteiger charge is -2.41. The fraction of sp³-hybridized carbons (Fsp3) is 0.773. The summed E-state index contributed by atoms with van der Waals surface area (Å²) in [5, 5.41) is 9.38. The molecule has 0 aliphatic carbocycles. The molecule has 3 aliphatic rings. The molecule has 3 rings (SSSR count). The quantitative estimate of drug-likeness (QED) is 0.435. The molecule has 2 amide bonds. The van der Waals surface area contributed by atoms with Gasteiger partial charge in [-0.1, -0.05) is 13.0 Å². The van der Waals surface area contributed by atoms with Crippen molar-refractivity contribution in [3.63, 3.8) is 0 Å². The van der Waals surface area contributed by atoms with Crippen LogP contribution in [-0.4, -0.2) is 81.1 Å². The van der Waals surface area contributed by atoms with Crippen molar-refractivity contribution in [1.29, 1.82) is 0 Å². The molecule has 3 aliphatic heterocycles. The van der Waals surface area contributed by atoms with E-state index in [1.807, 2.05) is 13.8 Å². The molecule has 8 heteroatoms. The van der Waals surface area contributed by atoms with Crippen molar-refractivity contribution in [2.45, 2.75) is 62.6 Å². The zero-order valence-electron chi connectivity index (χ0n) is 18.4. The molecule has 3 heterocycles. The topological polar surface area (TPSA) is 87.2 Å². The molecule has 168 valence electrons. The van der Waals surface area contributed by atoms with Gasteiger partial charge in [0, 0.05) is 31.0 Å². The maximum absolute atomic E-state index is 13.9. The van der Waals surface area contributed by atoms with Crippen LogP contribution in [0.3, 0.4) is 0 Å². The van der Waals surface area contributed by atoms with Crippen molar-refractivity contribution in [2.24, 2.45) is 17.8 Å². The van der Waals surface area contributed by atoms with Crippen LogP contribution in [0, 0.1) is 17.8 Å². The highest BCUT2D eigenvalue weighted by Crippen LogP contribution is 2.68. The number of aliphatic hydroxyl groups is 1. The van der Waals surface area contributed by atoms with E-state index in [1.165, 1.54) is 0 Å². The van der Waals surface area contributed by atoms with E-state index >= 15 is 0 Å². The van der Waals surface area contributed by atoms with Gasteiger partial charge in [-0.25, -0.2) is 0 Å². The number of amides is 2. The van der Waals surface area contributed by atoms with Crippen molar-refractivity contribution in [3.8, 4) is 0 Å². The number of likely N-dealkylation sites (tertiary alicyclic amines) is 1.